The van der Waals surface area contributed by atoms with Crippen LogP contribution >= 0.6 is 0 Å². The van der Waals surface area contributed by atoms with Gasteiger partial charge in [0.2, 0.25) is 5.91 Å². The van der Waals surface area contributed by atoms with Crippen LogP contribution in [0.4, 0.5) is 0 Å². The summed E-state index contributed by atoms with van der Waals surface area (Å²) in [6.45, 7) is 7.37. The lowest BCUT2D eigenvalue weighted by molar-refractivity contribution is -0.140. The molecule has 1 heterocycles. The zero-order chi connectivity index (χ0) is 14.0. The summed E-state index contributed by atoms with van der Waals surface area (Å²) in [6, 6.07) is 0.542. The molecule has 0 aromatic heterocycles. The third kappa shape index (κ3) is 3.48. The summed E-state index contributed by atoms with van der Waals surface area (Å²) in [4.78, 5) is 17.3. The van der Waals surface area contributed by atoms with Crippen LogP contribution in [-0.2, 0) is 4.79 Å². The Morgan fingerprint density at radius 3 is 2.68 bits per heavy atom. The lowest BCUT2D eigenvalue weighted by Crippen LogP contribution is -2.48. The van der Waals surface area contributed by atoms with E-state index in [0.29, 0.717) is 17.9 Å². The zero-order valence-electron chi connectivity index (χ0n) is 12.6. The van der Waals surface area contributed by atoms with Crippen LogP contribution in [0.2, 0.25) is 0 Å². The second-order valence-electron chi connectivity index (χ2n) is 6.65. The van der Waals surface area contributed by atoms with Crippen LogP contribution in [0.3, 0.4) is 0 Å². The van der Waals surface area contributed by atoms with Crippen molar-refractivity contribution in [2.75, 3.05) is 26.7 Å². The molecule has 2 aliphatic rings. The standard InChI is InChI=1S/C15H29N3O/c1-11-5-6-13(16)9-14(11)15(19)18-8-4-7-17(3)10-12(18)2/h11-14H,4-10,16H2,1-3H3. The average Bonchev–Trinajstić information content (AvgIpc) is 2.52. The third-order valence-electron chi connectivity index (χ3n) is 4.88. The van der Waals surface area contributed by atoms with Crippen molar-refractivity contribution in [2.45, 2.75) is 51.6 Å². The van der Waals surface area contributed by atoms with E-state index in [0.717, 1.165) is 45.3 Å². The molecule has 0 spiro atoms. The van der Waals surface area contributed by atoms with Crippen LogP contribution in [-0.4, -0.2) is 54.5 Å². The predicted molar refractivity (Wildman–Crippen MR) is 77.8 cm³/mol. The first-order valence-corrected chi connectivity index (χ1v) is 7.73. The molecule has 0 aromatic carbocycles. The summed E-state index contributed by atoms with van der Waals surface area (Å²) in [5, 5.41) is 0. The molecule has 1 saturated heterocycles. The Morgan fingerprint density at radius 1 is 1.21 bits per heavy atom. The van der Waals surface area contributed by atoms with E-state index in [1.165, 1.54) is 0 Å². The molecule has 2 N–H and O–H groups in total. The first-order chi connectivity index (χ1) is 8.99. The van der Waals surface area contributed by atoms with Gasteiger partial charge in [0.25, 0.3) is 0 Å². The van der Waals surface area contributed by atoms with Crippen molar-refractivity contribution in [3.05, 3.63) is 0 Å². The van der Waals surface area contributed by atoms with Crippen LogP contribution in [0, 0.1) is 11.8 Å². The Bertz CT molecular complexity index is 321. The Hall–Kier alpha value is -0.610. The van der Waals surface area contributed by atoms with Gasteiger partial charge in [0.1, 0.15) is 0 Å². The van der Waals surface area contributed by atoms with Crippen molar-refractivity contribution in [2.24, 2.45) is 17.6 Å². The SMILES string of the molecule is CC1CCC(N)CC1C(=O)N1CCCN(C)CC1C. The molecule has 1 aliphatic heterocycles. The summed E-state index contributed by atoms with van der Waals surface area (Å²) < 4.78 is 0. The van der Waals surface area contributed by atoms with Gasteiger partial charge < -0.3 is 15.5 Å². The molecule has 1 amide bonds. The van der Waals surface area contributed by atoms with Crippen LogP contribution in [0.1, 0.15) is 39.5 Å². The fourth-order valence-electron chi connectivity index (χ4n) is 3.61. The van der Waals surface area contributed by atoms with Gasteiger partial charge in [0.05, 0.1) is 0 Å². The van der Waals surface area contributed by atoms with Gasteiger partial charge >= 0.3 is 0 Å². The number of carbonyl (C=O) groups excluding carboxylic acids is 1. The van der Waals surface area contributed by atoms with E-state index >= 15 is 0 Å². The number of carbonyl (C=O) groups is 1. The molecule has 1 aliphatic carbocycles. The quantitative estimate of drug-likeness (QED) is 0.779. The van der Waals surface area contributed by atoms with Crippen LogP contribution in [0.15, 0.2) is 0 Å². The van der Waals surface area contributed by atoms with Crippen molar-refractivity contribution in [1.29, 1.82) is 0 Å². The number of hydrogen-bond donors (Lipinski definition) is 1. The Balaban J connectivity index is 2.04. The molecule has 0 radical (unpaired) electrons. The highest BCUT2D eigenvalue weighted by Crippen LogP contribution is 2.31. The van der Waals surface area contributed by atoms with E-state index in [9.17, 15) is 4.79 Å². The number of likely N-dealkylation sites (N-methyl/N-ethyl adjacent to an activating group) is 1. The lowest BCUT2D eigenvalue weighted by Gasteiger charge is -2.37. The van der Waals surface area contributed by atoms with Gasteiger partial charge in [-0.3, -0.25) is 4.79 Å². The Kier molecular flexibility index (Phi) is 4.85. The topological polar surface area (TPSA) is 49.6 Å². The van der Waals surface area contributed by atoms with E-state index in [-0.39, 0.29) is 12.0 Å². The minimum atomic E-state index is 0.148. The third-order valence-corrected chi connectivity index (χ3v) is 4.88. The molecule has 0 aromatic rings. The maximum Gasteiger partial charge on any atom is 0.226 e. The second kappa shape index (κ2) is 6.23. The normalized spacial score (nSPS) is 38.0. The molecule has 4 unspecified atom stereocenters. The van der Waals surface area contributed by atoms with Crippen molar-refractivity contribution in [3.8, 4) is 0 Å². The highest BCUT2D eigenvalue weighted by Gasteiger charge is 2.36. The molecule has 0 bridgehead atoms. The van der Waals surface area contributed by atoms with Crippen LogP contribution in [0.5, 0.6) is 0 Å². The molecule has 4 heteroatoms. The van der Waals surface area contributed by atoms with Gasteiger partial charge in [-0.25, -0.2) is 0 Å². The van der Waals surface area contributed by atoms with E-state index in [1.54, 1.807) is 0 Å². The summed E-state index contributed by atoms with van der Waals surface area (Å²) in [5.74, 6) is 0.987. The second-order valence-corrected chi connectivity index (χ2v) is 6.65. The number of nitrogens with zero attached hydrogens (tertiary/aromatic N) is 2. The number of amides is 1. The smallest absolute Gasteiger partial charge is 0.226 e. The van der Waals surface area contributed by atoms with Crippen LogP contribution in [0.25, 0.3) is 0 Å². The first kappa shape index (κ1) is 14.8. The molecule has 2 fully saturated rings. The van der Waals surface area contributed by atoms with E-state index in [1.807, 2.05) is 0 Å². The zero-order valence-corrected chi connectivity index (χ0v) is 12.6. The molecule has 19 heavy (non-hydrogen) atoms. The van der Waals surface area contributed by atoms with Crippen molar-refractivity contribution in [1.82, 2.24) is 9.80 Å². The average molecular weight is 267 g/mol. The minimum Gasteiger partial charge on any atom is -0.338 e. The fourth-order valence-corrected chi connectivity index (χ4v) is 3.61. The summed E-state index contributed by atoms with van der Waals surface area (Å²) in [7, 11) is 2.14. The molecule has 110 valence electrons. The Morgan fingerprint density at radius 2 is 1.95 bits per heavy atom. The predicted octanol–water partition coefficient (Wildman–Crippen LogP) is 1.30. The van der Waals surface area contributed by atoms with Gasteiger partial charge in [-0.05, 0) is 52.1 Å². The van der Waals surface area contributed by atoms with Crippen molar-refractivity contribution in [3.63, 3.8) is 0 Å². The lowest BCUT2D eigenvalue weighted by atomic mass is 9.77. The summed E-state index contributed by atoms with van der Waals surface area (Å²) in [6.07, 6.45) is 4.13. The molecule has 2 rings (SSSR count). The van der Waals surface area contributed by atoms with E-state index in [2.05, 4.69) is 30.7 Å². The van der Waals surface area contributed by atoms with Crippen molar-refractivity contribution < 1.29 is 4.79 Å². The number of nitrogens with two attached hydrogens (primary N) is 1. The molecule has 4 atom stereocenters. The summed E-state index contributed by atoms with van der Waals surface area (Å²) in [5.41, 5.74) is 6.06. The number of rotatable bonds is 1. The molecule has 1 saturated carbocycles. The summed E-state index contributed by atoms with van der Waals surface area (Å²) >= 11 is 0. The first-order valence-electron chi connectivity index (χ1n) is 7.73. The minimum absolute atomic E-state index is 0.148. The molecular weight excluding hydrogens is 238 g/mol. The monoisotopic (exact) mass is 267 g/mol. The van der Waals surface area contributed by atoms with Gasteiger partial charge in [-0.2, -0.15) is 0 Å². The highest BCUT2D eigenvalue weighted by molar-refractivity contribution is 5.79. The maximum atomic E-state index is 12.8. The molecular formula is C15H29N3O. The largest absolute Gasteiger partial charge is 0.338 e. The van der Waals surface area contributed by atoms with E-state index < -0.39 is 0 Å². The van der Waals surface area contributed by atoms with Gasteiger partial charge in [-0.1, -0.05) is 6.92 Å². The van der Waals surface area contributed by atoms with Gasteiger partial charge in [0, 0.05) is 31.1 Å². The molecule has 4 nitrogen and oxygen atoms in total. The van der Waals surface area contributed by atoms with Crippen molar-refractivity contribution >= 4 is 5.91 Å². The fraction of sp³-hybridized carbons (Fsp3) is 0.933. The maximum absolute atomic E-state index is 12.8. The highest BCUT2D eigenvalue weighted by atomic mass is 16.2. The van der Waals surface area contributed by atoms with Gasteiger partial charge in [0.15, 0.2) is 0 Å². The van der Waals surface area contributed by atoms with E-state index in [4.69, 9.17) is 5.73 Å². The number of hydrogen-bond acceptors (Lipinski definition) is 3. The van der Waals surface area contributed by atoms with Crippen LogP contribution < -0.4 is 5.73 Å². The Labute approximate surface area is 117 Å². The van der Waals surface area contributed by atoms with Gasteiger partial charge in [-0.15, -0.1) is 0 Å².